The molecule has 0 aliphatic carbocycles. The second-order valence-electron chi connectivity index (χ2n) is 25.8. The van der Waals surface area contributed by atoms with Crippen LogP contribution in [0.15, 0.2) is 0 Å². The predicted octanol–water partition coefficient (Wildman–Crippen LogP) is -3.80. The van der Waals surface area contributed by atoms with Gasteiger partial charge in [0.05, 0.1) is 111 Å². The highest BCUT2D eigenvalue weighted by atomic mass is 16.8. The van der Waals surface area contributed by atoms with Gasteiger partial charge in [-0.3, -0.25) is 43.2 Å². The molecule has 0 spiro atoms. The molecular weight excluding hydrogens is 1390 g/mol. The van der Waals surface area contributed by atoms with Gasteiger partial charge in [0.1, 0.15) is 107 Å². The van der Waals surface area contributed by atoms with E-state index in [-0.39, 0.29) is 188 Å². The third-order valence-corrected chi connectivity index (χ3v) is 17.0. The van der Waals surface area contributed by atoms with Gasteiger partial charge >= 0.3 is 0 Å². The summed E-state index contributed by atoms with van der Waals surface area (Å²) in [4.78, 5) is 116. The molecule has 3 heterocycles. The van der Waals surface area contributed by atoms with Gasteiger partial charge in [-0.2, -0.15) is 0 Å². The van der Waals surface area contributed by atoms with Crippen LogP contribution in [-0.2, 0) is 114 Å². The molecule has 3 saturated heterocycles. The van der Waals surface area contributed by atoms with Crippen molar-refractivity contribution in [3.8, 4) is 0 Å². The molecule has 602 valence electrons. The van der Waals surface area contributed by atoms with Crippen LogP contribution in [0.5, 0.6) is 0 Å². The van der Waals surface area contributed by atoms with E-state index in [4.69, 9.17) is 71.1 Å². The summed E-state index contributed by atoms with van der Waals surface area (Å²) >= 11 is 0. The highest BCUT2D eigenvalue weighted by molar-refractivity contribution is 6.03. The second kappa shape index (κ2) is 54.7. The maximum atomic E-state index is 14.3. The highest BCUT2D eigenvalue weighted by Gasteiger charge is 2.47. The van der Waals surface area contributed by atoms with Crippen molar-refractivity contribution >= 4 is 52.7 Å². The first kappa shape index (κ1) is 93.3. The molecule has 37 heteroatoms. The first-order valence-electron chi connectivity index (χ1n) is 35.5. The van der Waals surface area contributed by atoms with E-state index in [2.05, 4.69) is 26.6 Å². The lowest BCUT2D eigenvalue weighted by molar-refractivity contribution is -0.289. The number of aliphatic hydroxyl groups is 8. The minimum absolute atomic E-state index is 0.00117. The lowest BCUT2D eigenvalue weighted by Crippen LogP contribution is -2.64. The summed E-state index contributed by atoms with van der Waals surface area (Å²) < 4.78 is 82.2. The van der Waals surface area contributed by atoms with Gasteiger partial charge in [-0.1, -0.05) is 34.1 Å². The molecule has 17 atom stereocenters. The van der Waals surface area contributed by atoms with E-state index in [9.17, 15) is 84.0 Å². The van der Waals surface area contributed by atoms with Gasteiger partial charge in [0, 0.05) is 69.9 Å². The van der Waals surface area contributed by atoms with Crippen molar-refractivity contribution in [3.05, 3.63) is 0 Å². The SMILES string of the molecule is CC(=O)NC1C(OCCOCCOCCOCC(=O)CC(CCCCNC(=O)COCOCCOCOC2OC(CO)C(O)C(O)C2NC(C)=O)C(=O)NC(CCCCNC(=O)COCOCCOCOC2OC(CO)C(C)C(O)C2C)C(=O)CC(=O)CCCCC(=O)C(C)C)OC(CO)C(O)C1O. The number of nitrogens with one attached hydrogen (secondary N) is 5. The fourth-order valence-electron chi connectivity index (χ4n) is 11.0. The number of ketones is 4. The number of hydrogen-bond acceptors (Lipinski definition) is 32. The van der Waals surface area contributed by atoms with E-state index in [0.717, 1.165) is 0 Å². The summed E-state index contributed by atoms with van der Waals surface area (Å²) in [5.74, 6) is -5.72. The van der Waals surface area contributed by atoms with Crippen molar-refractivity contribution in [1.29, 1.82) is 0 Å². The Hall–Kier alpha value is -4.89. The molecule has 13 N–H and O–H groups in total. The maximum absolute atomic E-state index is 14.3. The molecule has 0 bridgehead atoms. The molecule has 104 heavy (non-hydrogen) atoms. The topological polar surface area (TPSA) is 514 Å². The van der Waals surface area contributed by atoms with Crippen LogP contribution in [-0.4, -0.2) is 325 Å². The zero-order valence-corrected chi connectivity index (χ0v) is 60.8. The molecule has 17 unspecified atom stereocenters. The van der Waals surface area contributed by atoms with E-state index in [1.54, 1.807) is 27.7 Å². The fourth-order valence-corrected chi connectivity index (χ4v) is 11.0. The molecule has 0 radical (unpaired) electrons. The molecule has 0 saturated carbocycles. The molecule has 0 aromatic rings. The van der Waals surface area contributed by atoms with Crippen molar-refractivity contribution < 1.29 is 155 Å². The number of Topliss-reactive ketones (excluding diaryl/α,β-unsaturated/α-hetero) is 4. The molecule has 0 aromatic heterocycles. The zero-order valence-electron chi connectivity index (χ0n) is 60.8. The van der Waals surface area contributed by atoms with Gasteiger partial charge in [0.25, 0.3) is 0 Å². The van der Waals surface area contributed by atoms with Gasteiger partial charge in [0.2, 0.25) is 29.5 Å². The molecule has 3 aliphatic heterocycles. The minimum atomic E-state index is -1.50. The van der Waals surface area contributed by atoms with Gasteiger partial charge in [-0.15, -0.1) is 0 Å². The Labute approximate surface area is 606 Å². The Morgan fingerprint density at radius 1 is 0.433 bits per heavy atom. The third kappa shape index (κ3) is 37.8. The molecule has 3 fully saturated rings. The number of aliphatic hydroxyl groups excluding tert-OH is 8. The summed E-state index contributed by atoms with van der Waals surface area (Å²) in [7, 11) is 0. The van der Waals surface area contributed by atoms with E-state index >= 15 is 0 Å². The summed E-state index contributed by atoms with van der Waals surface area (Å²) in [6.45, 7) is 6.66. The van der Waals surface area contributed by atoms with Crippen LogP contribution in [0.2, 0.25) is 0 Å². The summed E-state index contributed by atoms with van der Waals surface area (Å²) in [6.07, 6.45) is -10.9. The quantitative estimate of drug-likeness (QED) is 0.0158. The van der Waals surface area contributed by atoms with Crippen LogP contribution in [0.25, 0.3) is 0 Å². The first-order valence-corrected chi connectivity index (χ1v) is 35.5. The van der Waals surface area contributed by atoms with Crippen LogP contribution in [0, 0.1) is 23.7 Å². The average Bonchev–Trinajstić information content (AvgIpc) is 0.936. The van der Waals surface area contributed by atoms with Crippen molar-refractivity contribution in [2.24, 2.45) is 23.7 Å². The van der Waals surface area contributed by atoms with Gasteiger partial charge in [-0.05, 0) is 44.9 Å². The molecule has 3 rings (SSSR count). The molecule has 5 amide bonds. The molecule has 0 aromatic carbocycles. The van der Waals surface area contributed by atoms with Gasteiger partial charge < -0.3 is 138 Å². The van der Waals surface area contributed by atoms with Crippen LogP contribution >= 0.6 is 0 Å². The monoisotopic (exact) mass is 1500 g/mol. The fraction of sp³-hybridized carbons (Fsp3) is 0.866. The summed E-state index contributed by atoms with van der Waals surface area (Å²) in [6, 6.07) is -3.43. The minimum Gasteiger partial charge on any atom is -0.394 e. The molecular formula is C67H117N5O32. The van der Waals surface area contributed by atoms with Crippen molar-refractivity contribution in [2.75, 3.05) is 146 Å². The average molecular weight is 1500 g/mol. The lowest BCUT2D eigenvalue weighted by Gasteiger charge is -2.42. The van der Waals surface area contributed by atoms with Crippen molar-refractivity contribution in [3.63, 3.8) is 0 Å². The Kier molecular flexibility index (Phi) is 49.0. The van der Waals surface area contributed by atoms with Gasteiger partial charge in [0.15, 0.2) is 30.4 Å². The van der Waals surface area contributed by atoms with E-state index in [1.165, 1.54) is 13.8 Å². The second-order valence-corrected chi connectivity index (χ2v) is 25.8. The largest absolute Gasteiger partial charge is 0.394 e. The Morgan fingerprint density at radius 2 is 0.885 bits per heavy atom. The number of rotatable bonds is 60. The summed E-state index contributed by atoms with van der Waals surface area (Å²) in [5.41, 5.74) is 0. The normalized spacial score (nSPS) is 25.4. The van der Waals surface area contributed by atoms with E-state index < -0.39 is 159 Å². The number of carbonyl (C=O) groups is 9. The highest BCUT2D eigenvalue weighted by Crippen LogP contribution is 2.31. The Morgan fingerprint density at radius 3 is 1.39 bits per heavy atom. The third-order valence-electron chi connectivity index (χ3n) is 17.0. The smallest absolute Gasteiger partial charge is 0.246 e. The molecule has 37 nitrogen and oxygen atoms in total. The van der Waals surface area contributed by atoms with E-state index in [1.807, 2.05) is 0 Å². The first-order chi connectivity index (χ1) is 49.8. The Balaban J connectivity index is 1.52. The number of hydrogen-bond donors (Lipinski definition) is 13. The van der Waals surface area contributed by atoms with E-state index in [0.29, 0.717) is 38.5 Å². The number of carbonyl (C=O) groups excluding carboxylic acids is 9. The van der Waals surface area contributed by atoms with Crippen LogP contribution < -0.4 is 26.6 Å². The van der Waals surface area contributed by atoms with Crippen LogP contribution in [0.3, 0.4) is 0 Å². The molecule has 3 aliphatic rings. The summed E-state index contributed by atoms with van der Waals surface area (Å²) in [5, 5.41) is 93.5. The predicted molar refractivity (Wildman–Crippen MR) is 358 cm³/mol. The number of amides is 5. The van der Waals surface area contributed by atoms with Crippen molar-refractivity contribution in [2.45, 2.75) is 204 Å². The lowest BCUT2D eigenvalue weighted by atomic mass is 9.86. The zero-order chi connectivity index (χ0) is 76.8. The van der Waals surface area contributed by atoms with Crippen molar-refractivity contribution in [1.82, 2.24) is 26.6 Å². The van der Waals surface area contributed by atoms with Gasteiger partial charge in [-0.25, -0.2) is 0 Å². The number of unbranched alkanes of at least 4 members (excludes halogenated alkanes) is 3. The number of ether oxygens (including phenoxy) is 15. The van der Waals surface area contributed by atoms with Crippen LogP contribution in [0.1, 0.15) is 119 Å². The Bertz CT molecular complexity index is 2460. The maximum Gasteiger partial charge on any atom is 0.246 e. The van der Waals surface area contributed by atoms with Crippen LogP contribution in [0.4, 0.5) is 0 Å². The standard InChI is InChI=1S/C67H117N5O32/c1-41(2)50(80)16-8-7-14-47(78)30-51(81)49(15-10-12-18-69-56(83)36-98-37-93-23-25-95-39-100-65-43(4)59(84)42(3)52(31-73)102-65)72-64(89)46(29-48(79)34-92-22-21-90-19-20-91-27-28-99-66-57(70-44(5)76)62(87)60(85)53(32-74)103-66)13-9-11-17-68-55(82)35-97-38-94-24-26-96-40-101-67-58(71-45(6)77)63(88)61(86)54(33-75)104-67/h41-43,46,49,52-54,57-63,65-67,73-75,84-88H,7-40H2,1-6H3,(H,68,82)(H,69,83)(H,70,76)(H,71,77)(H,72,89).